The van der Waals surface area contributed by atoms with Crippen LogP contribution in [0.3, 0.4) is 0 Å². The Kier molecular flexibility index (Phi) is 8.94. The lowest BCUT2D eigenvalue weighted by atomic mass is 9.83. The van der Waals surface area contributed by atoms with Gasteiger partial charge in [0.15, 0.2) is 6.61 Å². The van der Waals surface area contributed by atoms with Crippen LogP contribution < -0.4 is 15.4 Å². The minimum absolute atomic E-state index is 0.0450. The second kappa shape index (κ2) is 13.9. The van der Waals surface area contributed by atoms with Crippen LogP contribution >= 0.6 is 0 Å². The Morgan fingerprint density at radius 2 is 1.67 bits per heavy atom. The molecule has 4 heterocycles. The number of aromatic nitrogens is 2. The number of ether oxygens (including phenoxy) is 2. The van der Waals surface area contributed by atoms with Gasteiger partial charge < -0.3 is 30.2 Å². The number of aliphatic hydroxyl groups excluding tert-OH is 1. The maximum Gasteiger partial charge on any atom is 0.422 e. The number of hydrogen-bond donors (Lipinski definition) is 3. The third-order valence-corrected chi connectivity index (χ3v) is 9.93. The van der Waals surface area contributed by atoms with Crippen LogP contribution in [0.1, 0.15) is 28.7 Å². The van der Waals surface area contributed by atoms with Crippen molar-refractivity contribution in [3.63, 3.8) is 0 Å². The van der Waals surface area contributed by atoms with E-state index in [2.05, 4.69) is 69.5 Å². The average molecular weight is 703 g/mol. The zero-order valence-corrected chi connectivity index (χ0v) is 28.2. The molecule has 3 aliphatic rings. The van der Waals surface area contributed by atoms with Crippen molar-refractivity contribution >= 4 is 28.0 Å². The third-order valence-electron chi connectivity index (χ3n) is 9.93. The van der Waals surface area contributed by atoms with E-state index in [0.717, 1.165) is 57.7 Å². The Morgan fingerprint density at radius 1 is 0.904 bits per heavy atom. The van der Waals surface area contributed by atoms with Gasteiger partial charge in [0.2, 0.25) is 5.88 Å². The lowest BCUT2D eigenvalue weighted by molar-refractivity contribution is -0.154. The number of anilines is 2. The largest absolute Gasteiger partial charge is 0.468 e. The number of benzene rings is 4. The van der Waals surface area contributed by atoms with Crippen molar-refractivity contribution in [3.05, 3.63) is 138 Å². The maximum atomic E-state index is 12.7. The van der Waals surface area contributed by atoms with Crippen molar-refractivity contribution in [3.8, 4) is 28.1 Å². The van der Waals surface area contributed by atoms with Crippen LogP contribution in [0.2, 0.25) is 0 Å². The number of para-hydroxylation sites is 2. The van der Waals surface area contributed by atoms with Gasteiger partial charge in [-0.05, 0) is 76.1 Å². The highest BCUT2D eigenvalue weighted by molar-refractivity contribution is 5.99. The van der Waals surface area contributed by atoms with Gasteiger partial charge in [0.05, 0.1) is 18.8 Å². The number of alkyl halides is 3. The van der Waals surface area contributed by atoms with E-state index in [-0.39, 0.29) is 11.9 Å². The Labute approximate surface area is 299 Å². The van der Waals surface area contributed by atoms with Crippen LogP contribution in [-0.4, -0.2) is 59.8 Å². The molecule has 0 unspecified atom stereocenters. The van der Waals surface area contributed by atoms with Crippen molar-refractivity contribution in [1.29, 1.82) is 0 Å². The number of fused-ring (bicyclic) bond motifs is 5. The SMILES string of the molecule is Nc1cc2ccccc2[nH]1.O[C@H]1COCC[C@@H]1N1CC=C(c2c(-c3ccc(OCC(F)(F)F)nc3)ccc3c2Cc2ccccc2-3)c2ccccc21. The lowest BCUT2D eigenvalue weighted by Gasteiger charge is -2.41. The van der Waals surface area contributed by atoms with E-state index in [1.54, 1.807) is 12.3 Å². The molecule has 0 bridgehead atoms. The summed E-state index contributed by atoms with van der Waals surface area (Å²) in [6.07, 6.45) is 0.333. The second-order valence-electron chi connectivity index (χ2n) is 13.2. The van der Waals surface area contributed by atoms with Gasteiger partial charge >= 0.3 is 6.18 Å². The quantitative estimate of drug-likeness (QED) is 0.167. The monoisotopic (exact) mass is 702 g/mol. The fourth-order valence-electron chi connectivity index (χ4n) is 7.61. The molecular weight excluding hydrogens is 665 g/mol. The molecule has 10 heteroatoms. The number of nitrogens with zero attached hydrogens (tertiary/aromatic N) is 2. The molecule has 4 aromatic carbocycles. The summed E-state index contributed by atoms with van der Waals surface area (Å²) in [6.45, 7) is 0.182. The van der Waals surface area contributed by atoms with E-state index in [0.29, 0.717) is 19.8 Å². The number of nitrogens with one attached hydrogen (secondary N) is 1. The van der Waals surface area contributed by atoms with Crippen molar-refractivity contribution in [1.82, 2.24) is 9.97 Å². The molecule has 1 saturated heterocycles. The van der Waals surface area contributed by atoms with Crippen LogP contribution in [0, 0.1) is 0 Å². The van der Waals surface area contributed by atoms with Gasteiger partial charge in [-0.25, -0.2) is 4.98 Å². The molecule has 6 aromatic rings. The summed E-state index contributed by atoms with van der Waals surface area (Å²) in [5.74, 6) is 0.653. The van der Waals surface area contributed by atoms with Crippen molar-refractivity contribution in [2.45, 2.75) is 31.2 Å². The Morgan fingerprint density at radius 3 is 2.46 bits per heavy atom. The smallest absolute Gasteiger partial charge is 0.422 e. The Balaban J connectivity index is 0.000000332. The predicted molar refractivity (Wildman–Crippen MR) is 198 cm³/mol. The molecule has 0 spiro atoms. The van der Waals surface area contributed by atoms with Crippen LogP contribution in [0.25, 0.3) is 38.7 Å². The highest BCUT2D eigenvalue weighted by atomic mass is 19.4. The fourth-order valence-corrected chi connectivity index (χ4v) is 7.61. The summed E-state index contributed by atoms with van der Waals surface area (Å²) in [5.41, 5.74) is 17.6. The van der Waals surface area contributed by atoms with E-state index in [4.69, 9.17) is 15.2 Å². The van der Waals surface area contributed by atoms with Gasteiger partial charge in [-0.1, -0.05) is 78.9 Å². The number of halogens is 3. The molecule has 2 aromatic heterocycles. The second-order valence-corrected chi connectivity index (χ2v) is 13.2. The van der Waals surface area contributed by atoms with Gasteiger partial charge in [0.25, 0.3) is 0 Å². The number of H-pyrrole nitrogens is 1. The molecule has 9 rings (SSSR count). The number of rotatable bonds is 5. The van der Waals surface area contributed by atoms with Gasteiger partial charge in [0, 0.05) is 53.1 Å². The molecule has 2 atom stereocenters. The summed E-state index contributed by atoms with van der Waals surface area (Å²) in [4.78, 5) is 9.53. The number of nitrogen functional groups attached to an aromatic ring is 1. The molecule has 52 heavy (non-hydrogen) atoms. The normalized spacial score (nSPS) is 17.8. The average Bonchev–Trinajstić information content (AvgIpc) is 3.73. The molecule has 0 radical (unpaired) electrons. The molecule has 1 fully saturated rings. The summed E-state index contributed by atoms with van der Waals surface area (Å²) in [7, 11) is 0. The van der Waals surface area contributed by atoms with Crippen molar-refractivity contribution in [2.75, 3.05) is 37.0 Å². The first kappa shape index (κ1) is 33.6. The molecular formula is C42H37F3N4O3. The minimum atomic E-state index is -4.43. The van der Waals surface area contributed by atoms with Gasteiger partial charge in [0.1, 0.15) is 5.82 Å². The van der Waals surface area contributed by atoms with Crippen molar-refractivity contribution < 1.29 is 27.8 Å². The Bertz CT molecular complexity index is 2230. The number of aliphatic hydroxyl groups is 1. The van der Waals surface area contributed by atoms with Gasteiger partial charge in [-0.2, -0.15) is 13.2 Å². The molecule has 2 aliphatic heterocycles. The van der Waals surface area contributed by atoms with Crippen LogP contribution in [0.4, 0.5) is 24.7 Å². The van der Waals surface area contributed by atoms with Crippen molar-refractivity contribution in [2.24, 2.45) is 0 Å². The van der Waals surface area contributed by atoms with Crippen LogP contribution in [-0.2, 0) is 11.2 Å². The van der Waals surface area contributed by atoms with E-state index < -0.39 is 18.9 Å². The fraction of sp³-hybridized carbons (Fsp3) is 0.214. The highest BCUT2D eigenvalue weighted by Gasteiger charge is 2.34. The van der Waals surface area contributed by atoms with Crippen LogP contribution in [0.5, 0.6) is 5.88 Å². The maximum absolute atomic E-state index is 12.7. The summed E-state index contributed by atoms with van der Waals surface area (Å²) >= 11 is 0. The first-order valence-electron chi connectivity index (χ1n) is 17.3. The van der Waals surface area contributed by atoms with E-state index in [9.17, 15) is 18.3 Å². The summed E-state index contributed by atoms with van der Waals surface area (Å²) < 4.78 is 48.4. The zero-order chi connectivity index (χ0) is 35.8. The standard InChI is InChI=1S/C34H29F3N2O3.C8H8N2/c35-34(36,37)20-42-32-12-9-22(18-38-32)24-10-11-25-23-6-2-1-5-21(23)17-28(25)33(24)27-13-15-39(29-8-4-3-7-26(27)29)30-14-16-41-19-31(30)40;9-8-5-6-3-1-2-4-7(6)10-8/h1-13,18,30-31,40H,14-17,19-20H2;1-5,10H,9H2/t30-,31-;/m0./s1. The van der Waals surface area contributed by atoms with E-state index in [1.165, 1.54) is 33.7 Å². The first-order valence-corrected chi connectivity index (χ1v) is 17.3. The number of nitrogens with two attached hydrogens (primary N) is 1. The van der Waals surface area contributed by atoms with E-state index in [1.807, 2.05) is 42.5 Å². The van der Waals surface area contributed by atoms with Gasteiger partial charge in [-0.3, -0.25) is 0 Å². The van der Waals surface area contributed by atoms with Gasteiger partial charge in [-0.15, -0.1) is 0 Å². The van der Waals surface area contributed by atoms with E-state index >= 15 is 0 Å². The molecule has 264 valence electrons. The first-order chi connectivity index (χ1) is 25.2. The van der Waals surface area contributed by atoms with Crippen LogP contribution in [0.15, 0.2) is 115 Å². The lowest BCUT2D eigenvalue weighted by Crippen LogP contribution is -2.50. The Hall–Kier alpha value is -5.58. The molecule has 1 aliphatic carbocycles. The predicted octanol–water partition coefficient (Wildman–Crippen LogP) is 8.41. The number of hydrogen-bond acceptors (Lipinski definition) is 6. The summed E-state index contributed by atoms with van der Waals surface area (Å²) in [5, 5.41) is 12.0. The third kappa shape index (κ3) is 6.63. The number of pyridine rings is 1. The number of aromatic amines is 1. The highest BCUT2D eigenvalue weighted by Crippen LogP contribution is 2.48. The topological polar surface area (TPSA) is 96.6 Å². The molecule has 7 nitrogen and oxygen atoms in total. The zero-order valence-electron chi connectivity index (χ0n) is 28.2. The molecule has 4 N–H and O–H groups in total. The molecule has 0 saturated carbocycles. The minimum Gasteiger partial charge on any atom is -0.468 e. The molecule has 0 amide bonds. The summed E-state index contributed by atoms with van der Waals surface area (Å²) in [6, 6.07) is 34.1.